The van der Waals surface area contributed by atoms with Gasteiger partial charge >= 0.3 is 0 Å². The number of likely N-dealkylation sites (tertiary alicyclic amines) is 1. The Morgan fingerprint density at radius 3 is 2.52 bits per heavy atom. The third-order valence-electron chi connectivity index (χ3n) is 5.67. The molecule has 0 atom stereocenters. The number of rotatable bonds is 4. The number of hydrogen-bond donors (Lipinski definition) is 0. The van der Waals surface area contributed by atoms with Gasteiger partial charge in [0.25, 0.3) is 5.91 Å². The first kappa shape index (κ1) is 19.1. The van der Waals surface area contributed by atoms with Crippen LogP contribution in [0.5, 0.6) is 0 Å². The molecular formula is C24H22FN3O. The zero-order valence-corrected chi connectivity index (χ0v) is 16.1. The predicted molar refractivity (Wildman–Crippen MR) is 111 cm³/mol. The van der Waals surface area contributed by atoms with Gasteiger partial charge in [0.05, 0.1) is 0 Å². The second-order valence-corrected chi connectivity index (χ2v) is 7.58. The van der Waals surface area contributed by atoms with Gasteiger partial charge in [0, 0.05) is 36.3 Å². The van der Waals surface area contributed by atoms with Crippen molar-refractivity contribution < 1.29 is 9.18 Å². The highest BCUT2D eigenvalue weighted by molar-refractivity contribution is 5.95. The maximum absolute atomic E-state index is 13.9. The minimum atomic E-state index is -0.266. The van der Waals surface area contributed by atoms with Crippen LogP contribution in [0.15, 0.2) is 65.3 Å². The number of halogens is 1. The molecule has 1 amide bonds. The van der Waals surface area contributed by atoms with Crippen molar-refractivity contribution in [3.63, 3.8) is 0 Å². The Kier molecular flexibility index (Phi) is 5.53. The summed E-state index contributed by atoms with van der Waals surface area (Å²) < 4.78 is 13.9. The van der Waals surface area contributed by atoms with Crippen LogP contribution < -0.4 is 0 Å². The molecule has 0 bridgehead atoms. The molecule has 2 aliphatic heterocycles. The second-order valence-electron chi connectivity index (χ2n) is 7.58. The van der Waals surface area contributed by atoms with Gasteiger partial charge in [-0.25, -0.2) is 9.38 Å². The van der Waals surface area contributed by atoms with E-state index in [1.165, 1.54) is 6.07 Å². The molecule has 29 heavy (non-hydrogen) atoms. The van der Waals surface area contributed by atoms with Crippen LogP contribution in [-0.2, 0) is 0 Å². The molecule has 0 saturated carbocycles. The van der Waals surface area contributed by atoms with Crippen molar-refractivity contribution in [2.75, 3.05) is 13.1 Å². The standard InChI is InChI=1S/C24H22FN3O/c25-23-4-2-1-3-22(23)18-5-7-19(8-6-18)24(29)28-13-11-17(12-14-28)15-20-9-10-21(16-26)27-20/h1-8,10,17H,9,11-15H2. The molecule has 2 aromatic carbocycles. The highest BCUT2D eigenvalue weighted by atomic mass is 19.1. The average Bonchev–Trinajstić information content (AvgIpc) is 3.22. The van der Waals surface area contributed by atoms with E-state index in [1.807, 2.05) is 11.0 Å². The number of nitriles is 1. The molecule has 0 aliphatic carbocycles. The van der Waals surface area contributed by atoms with Crippen LogP contribution in [0.4, 0.5) is 4.39 Å². The lowest BCUT2D eigenvalue weighted by Gasteiger charge is -2.32. The number of hydrogen-bond acceptors (Lipinski definition) is 3. The van der Waals surface area contributed by atoms with Gasteiger partial charge in [-0.3, -0.25) is 4.79 Å². The first-order valence-corrected chi connectivity index (χ1v) is 9.95. The van der Waals surface area contributed by atoms with E-state index < -0.39 is 0 Å². The number of piperidine rings is 1. The van der Waals surface area contributed by atoms with Crippen molar-refractivity contribution in [3.8, 4) is 17.2 Å². The molecule has 2 heterocycles. The molecule has 146 valence electrons. The van der Waals surface area contributed by atoms with E-state index in [4.69, 9.17) is 5.26 Å². The molecule has 1 fully saturated rings. The molecular weight excluding hydrogens is 365 g/mol. The molecule has 2 aliphatic rings. The zero-order chi connectivity index (χ0) is 20.2. The van der Waals surface area contributed by atoms with Crippen molar-refractivity contribution in [1.29, 1.82) is 5.26 Å². The van der Waals surface area contributed by atoms with Gasteiger partial charge in [0.2, 0.25) is 0 Å². The zero-order valence-electron chi connectivity index (χ0n) is 16.1. The third kappa shape index (κ3) is 4.27. The maximum Gasteiger partial charge on any atom is 0.253 e. The van der Waals surface area contributed by atoms with Gasteiger partial charge in [0.1, 0.15) is 17.6 Å². The van der Waals surface area contributed by atoms with Crippen LogP contribution in [0.1, 0.15) is 36.0 Å². The number of aliphatic imine (C=N–C) groups is 1. The van der Waals surface area contributed by atoms with Gasteiger partial charge in [-0.15, -0.1) is 0 Å². The largest absolute Gasteiger partial charge is 0.339 e. The van der Waals surface area contributed by atoms with Gasteiger partial charge in [0.15, 0.2) is 0 Å². The fraction of sp³-hybridized carbons (Fsp3) is 0.292. The Balaban J connectivity index is 1.34. The lowest BCUT2D eigenvalue weighted by atomic mass is 9.90. The normalized spacial score (nSPS) is 16.9. The fourth-order valence-corrected chi connectivity index (χ4v) is 4.02. The Hall–Kier alpha value is -3.26. The monoisotopic (exact) mass is 387 g/mol. The first-order chi connectivity index (χ1) is 14.1. The van der Waals surface area contributed by atoms with Gasteiger partial charge in [-0.2, -0.15) is 5.26 Å². The quantitative estimate of drug-likeness (QED) is 0.742. The van der Waals surface area contributed by atoms with Crippen molar-refractivity contribution in [2.45, 2.75) is 25.7 Å². The predicted octanol–water partition coefficient (Wildman–Crippen LogP) is 4.99. The average molecular weight is 387 g/mol. The molecule has 1 saturated heterocycles. The van der Waals surface area contributed by atoms with Crippen molar-refractivity contribution in [1.82, 2.24) is 4.90 Å². The number of amides is 1. The number of allylic oxidation sites excluding steroid dienone is 2. The topological polar surface area (TPSA) is 56.5 Å². The summed E-state index contributed by atoms with van der Waals surface area (Å²) in [4.78, 5) is 19.1. The smallest absolute Gasteiger partial charge is 0.253 e. The summed E-state index contributed by atoms with van der Waals surface area (Å²) in [6.07, 6.45) is 5.44. The van der Waals surface area contributed by atoms with E-state index in [2.05, 4.69) is 11.1 Å². The Labute approximate surface area is 170 Å². The molecule has 0 N–H and O–H groups in total. The highest BCUT2D eigenvalue weighted by Crippen LogP contribution is 2.26. The fourth-order valence-electron chi connectivity index (χ4n) is 4.02. The maximum atomic E-state index is 13.9. The van der Waals surface area contributed by atoms with Crippen LogP contribution in [-0.4, -0.2) is 29.6 Å². The van der Waals surface area contributed by atoms with Gasteiger partial charge < -0.3 is 4.90 Å². The summed E-state index contributed by atoms with van der Waals surface area (Å²) in [6, 6.07) is 15.9. The number of carbonyl (C=O) groups excluding carboxylic acids is 1. The van der Waals surface area contributed by atoms with Crippen LogP contribution in [0.3, 0.4) is 0 Å². The summed E-state index contributed by atoms with van der Waals surface area (Å²) in [6.45, 7) is 1.45. The van der Waals surface area contributed by atoms with Crippen LogP contribution in [0.2, 0.25) is 0 Å². The molecule has 2 aromatic rings. The number of nitrogens with zero attached hydrogens (tertiary/aromatic N) is 3. The molecule has 0 unspecified atom stereocenters. The van der Waals surface area contributed by atoms with E-state index >= 15 is 0 Å². The van der Waals surface area contributed by atoms with Crippen molar-refractivity contribution >= 4 is 11.6 Å². The molecule has 4 rings (SSSR count). The SMILES string of the molecule is N#CC1=CCC(CC2CCN(C(=O)c3ccc(-c4ccccc4F)cc3)CC2)=N1. The van der Waals surface area contributed by atoms with E-state index in [0.717, 1.165) is 50.0 Å². The number of benzene rings is 2. The van der Waals surface area contributed by atoms with E-state index in [9.17, 15) is 9.18 Å². The molecule has 0 aromatic heterocycles. The Morgan fingerprint density at radius 1 is 1.14 bits per heavy atom. The highest BCUT2D eigenvalue weighted by Gasteiger charge is 2.25. The molecule has 5 heteroatoms. The van der Waals surface area contributed by atoms with E-state index in [0.29, 0.717) is 22.7 Å². The molecule has 4 nitrogen and oxygen atoms in total. The van der Waals surface area contributed by atoms with Crippen LogP contribution in [0.25, 0.3) is 11.1 Å². The van der Waals surface area contributed by atoms with Gasteiger partial charge in [-0.05, 0) is 55.0 Å². The second kappa shape index (κ2) is 8.40. The molecule has 0 radical (unpaired) electrons. The Bertz CT molecular complexity index is 1010. The molecule has 0 spiro atoms. The Morgan fingerprint density at radius 2 is 1.86 bits per heavy atom. The number of carbonyl (C=O) groups is 1. The van der Waals surface area contributed by atoms with E-state index in [-0.39, 0.29) is 11.7 Å². The summed E-state index contributed by atoms with van der Waals surface area (Å²) >= 11 is 0. The summed E-state index contributed by atoms with van der Waals surface area (Å²) in [7, 11) is 0. The minimum Gasteiger partial charge on any atom is -0.339 e. The van der Waals surface area contributed by atoms with Crippen LogP contribution >= 0.6 is 0 Å². The van der Waals surface area contributed by atoms with Crippen molar-refractivity contribution in [2.24, 2.45) is 10.9 Å². The van der Waals surface area contributed by atoms with Crippen molar-refractivity contribution in [3.05, 3.63) is 71.7 Å². The first-order valence-electron chi connectivity index (χ1n) is 9.95. The minimum absolute atomic E-state index is 0.0233. The third-order valence-corrected chi connectivity index (χ3v) is 5.67. The summed E-state index contributed by atoms with van der Waals surface area (Å²) in [5.74, 6) is 0.264. The van der Waals surface area contributed by atoms with Gasteiger partial charge in [-0.1, -0.05) is 30.3 Å². The summed E-state index contributed by atoms with van der Waals surface area (Å²) in [5, 5.41) is 8.90. The lowest BCUT2D eigenvalue weighted by molar-refractivity contribution is 0.0693. The van der Waals surface area contributed by atoms with E-state index in [1.54, 1.807) is 42.5 Å². The lowest BCUT2D eigenvalue weighted by Crippen LogP contribution is -2.38. The van der Waals surface area contributed by atoms with Crippen LogP contribution in [0, 0.1) is 23.1 Å². The summed E-state index contributed by atoms with van der Waals surface area (Å²) in [5.41, 5.74) is 3.53.